The van der Waals surface area contributed by atoms with E-state index < -0.39 is 5.91 Å². The van der Waals surface area contributed by atoms with E-state index in [2.05, 4.69) is 20.3 Å². The van der Waals surface area contributed by atoms with Crippen molar-refractivity contribution in [1.29, 1.82) is 0 Å². The fourth-order valence-electron chi connectivity index (χ4n) is 3.10. The number of rotatable bonds is 6. The highest BCUT2D eigenvalue weighted by molar-refractivity contribution is 6.31. The largest absolute Gasteiger partial charge is 0.382 e. The minimum atomic E-state index is -0.494. The number of nitrogens with one attached hydrogen (secondary N) is 1. The predicted octanol–water partition coefficient (Wildman–Crippen LogP) is 0.637. The Bertz CT molecular complexity index is 641. The second-order valence-corrected chi connectivity index (χ2v) is 6.65. The van der Waals surface area contributed by atoms with Gasteiger partial charge in [-0.1, -0.05) is 43.7 Å². The molecule has 1 atom stereocenters. The number of carbonyl (C=O) groups is 1. The van der Waals surface area contributed by atoms with E-state index in [1.54, 1.807) is 0 Å². The maximum absolute atomic E-state index is 12.3. The Balaban J connectivity index is 2.00. The van der Waals surface area contributed by atoms with Crippen LogP contribution in [-0.4, -0.2) is 34.4 Å². The van der Waals surface area contributed by atoms with Gasteiger partial charge in [0.1, 0.15) is 0 Å². The maximum atomic E-state index is 12.3. The monoisotopic (exact) mass is 368 g/mol. The molecule has 2 rings (SSSR count). The van der Waals surface area contributed by atoms with Gasteiger partial charge in [-0.15, -0.1) is 0 Å². The van der Waals surface area contributed by atoms with Crippen LogP contribution < -0.4 is 28.3 Å². The minimum Gasteiger partial charge on any atom is -0.382 e. The van der Waals surface area contributed by atoms with Crippen molar-refractivity contribution in [3.05, 3.63) is 10.8 Å². The van der Waals surface area contributed by atoms with E-state index in [0.29, 0.717) is 5.92 Å². The molecule has 0 aromatic carbocycles. The van der Waals surface area contributed by atoms with Crippen molar-refractivity contribution in [1.82, 2.24) is 15.3 Å². The average Bonchev–Trinajstić information content (AvgIpc) is 2.56. The molecule has 1 aliphatic carbocycles. The Morgan fingerprint density at radius 1 is 1.20 bits per heavy atom. The topological polar surface area (TPSA) is 171 Å². The summed E-state index contributed by atoms with van der Waals surface area (Å²) >= 11 is 5.80. The molecule has 10 heteroatoms. The standard InChI is InChI=1S/C15H25ClN8O/c16-11-13(18)24-12(17)10(23-11)14(25)21-7-9(22-15(19)20)6-8-4-2-1-3-5-8/h8-9H,1-7H2,(H,21,25)(H4,17,18,24)(H4,19,20,22)/t9-/m0/s1. The second-order valence-electron chi connectivity index (χ2n) is 6.29. The van der Waals surface area contributed by atoms with Crippen molar-refractivity contribution in [2.45, 2.75) is 44.6 Å². The molecule has 1 aliphatic rings. The van der Waals surface area contributed by atoms with Gasteiger partial charge in [-0.05, 0) is 12.3 Å². The summed E-state index contributed by atoms with van der Waals surface area (Å²) in [5.41, 5.74) is 22.2. The summed E-state index contributed by atoms with van der Waals surface area (Å²) in [4.78, 5) is 24.2. The predicted molar refractivity (Wildman–Crippen MR) is 99.0 cm³/mol. The summed E-state index contributed by atoms with van der Waals surface area (Å²) in [6.45, 7) is 0.274. The van der Waals surface area contributed by atoms with E-state index in [1.165, 1.54) is 19.3 Å². The van der Waals surface area contributed by atoms with Gasteiger partial charge >= 0.3 is 0 Å². The zero-order valence-electron chi connectivity index (χ0n) is 14.0. The van der Waals surface area contributed by atoms with E-state index in [-0.39, 0.29) is 41.0 Å². The Morgan fingerprint density at radius 3 is 2.52 bits per heavy atom. The maximum Gasteiger partial charge on any atom is 0.273 e. The summed E-state index contributed by atoms with van der Waals surface area (Å²) in [6, 6.07) is -0.199. The van der Waals surface area contributed by atoms with Crippen molar-refractivity contribution in [3.8, 4) is 0 Å². The van der Waals surface area contributed by atoms with Crippen LogP contribution in [0.15, 0.2) is 4.99 Å². The average molecular weight is 369 g/mol. The molecule has 0 spiro atoms. The Kier molecular flexibility index (Phi) is 6.63. The summed E-state index contributed by atoms with van der Waals surface area (Å²) in [6.07, 6.45) is 6.87. The first-order valence-corrected chi connectivity index (χ1v) is 8.70. The molecule has 1 saturated carbocycles. The number of carbonyl (C=O) groups excluding carboxylic acids is 1. The number of anilines is 2. The molecule has 0 saturated heterocycles. The smallest absolute Gasteiger partial charge is 0.273 e. The van der Waals surface area contributed by atoms with Crippen LogP contribution in [0, 0.1) is 5.92 Å². The molecule has 0 unspecified atom stereocenters. The highest BCUT2D eigenvalue weighted by atomic mass is 35.5. The Labute approximate surface area is 151 Å². The molecule has 0 aliphatic heterocycles. The first kappa shape index (κ1) is 19.0. The van der Waals surface area contributed by atoms with Crippen LogP contribution in [0.5, 0.6) is 0 Å². The lowest BCUT2D eigenvalue weighted by molar-refractivity contribution is 0.0945. The Hall–Kier alpha value is -2.29. The molecular weight excluding hydrogens is 344 g/mol. The molecule has 0 bridgehead atoms. The fourth-order valence-corrected chi connectivity index (χ4v) is 3.23. The summed E-state index contributed by atoms with van der Waals surface area (Å²) < 4.78 is 0. The molecule has 1 aromatic rings. The van der Waals surface area contributed by atoms with Crippen molar-refractivity contribution in [2.24, 2.45) is 22.4 Å². The molecule has 1 heterocycles. The zero-order valence-corrected chi connectivity index (χ0v) is 14.8. The van der Waals surface area contributed by atoms with Gasteiger partial charge in [0.25, 0.3) is 5.91 Å². The van der Waals surface area contributed by atoms with Crippen LogP contribution in [0.4, 0.5) is 11.6 Å². The van der Waals surface area contributed by atoms with E-state index in [9.17, 15) is 4.79 Å². The zero-order chi connectivity index (χ0) is 18.4. The molecule has 25 heavy (non-hydrogen) atoms. The molecular formula is C15H25ClN8O. The fraction of sp³-hybridized carbons (Fsp3) is 0.600. The molecule has 1 amide bonds. The third kappa shape index (κ3) is 5.63. The lowest BCUT2D eigenvalue weighted by Gasteiger charge is -2.25. The number of hydrogen-bond donors (Lipinski definition) is 5. The molecule has 1 aromatic heterocycles. The molecule has 9 nitrogen and oxygen atoms in total. The lowest BCUT2D eigenvalue weighted by Crippen LogP contribution is -2.36. The van der Waals surface area contributed by atoms with Crippen LogP contribution in [0.25, 0.3) is 0 Å². The van der Waals surface area contributed by atoms with Crippen LogP contribution in [0.1, 0.15) is 49.0 Å². The van der Waals surface area contributed by atoms with Gasteiger partial charge in [0.15, 0.2) is 28.4 Å². The van der Waals surface area contributed by atoms with E-state index in [1.807, 2.05) is 0 Å². The van der Waals surface area contributed by atoms with Crippen LogP contribution >= 0.6 is 11.6 Å². The number of nitrogen functional groups attached to an aromatic ring is 2. The van der Waals surface area contributed by atoms with Crippen LogP contribution in [0.3, 0.4) is 0 Å². The van der Waals surface area contributed by atoms with Crippen molar-refractivity contribution in [3.63, 3.8) is 0 Å². The van der Waals surface area contributed by atoms with Gasteiger partial charge in [0.05, 0.1) is 6.04 Å². The minimum absolute atomic E-state index is 0.00453. The molecule has 1 fully saturated rings. The van der Waals surface area contributed by atoms with Crippen LogP contribution in [-0.2, 0) is 0 Å². The van der Waals surface area contributed by atoms with E-state index >= 15 is 0 Å². The lowest BCUT2D eigenvalue weighted by atomic mass is 9.85. The van der Waals surface area contributed by atoms with Gasteiger partial charge in [-0.2, -0.15) is 0 Å². The Morgan fingerprint density at radius 2 is 1.88 bits per heavy atom. The number of guanidine groups is 1. The highest BCUT2D eigenvalue weighted by Gasteiger charge is 2.21. The van der Waals surface area contributed by atoms with Gasteiger partial charge in [0, 0.05) is 6.54 Å². The third-order valence-corrected chi connectivity index (χ3v) is 4.56. The number of nitrogens with two attached hydrogens (primary N) is 4. The number of aromatic nitrogens is 2. The summed E-state index contributed by atoms with van der Waals surface area (Å²) in [5.74, 6) is -0.0257. The number of hydrogen-bond acceptors (Lipinski definition) is 6. The number of nitrogens with zero attached hydrogens (tertiary/aromatic N) is 3. The molecule has 9 N–H and O–H groups in total. The van der Waals surface area contributed by atoms with Gasteiger partial charge in [-0.3, -0.25) is 4.79 Å². The van der Waals surface area contributed by atoms with E-state index in [4.69, 9.17) is 34.5 Å². The second kappa shape index (κ2) is 8.70. The SMILES string of the molecule is NC(N)=N[C@H](CNC(=O)c1nc(Cl)c(N)nc1N)CC1CCCCC1. The van der Waals surface area contributed by atoms with Gasteiger partial charge < -0.3 is 28.3 Å². The number of aliphatic imine (C=N–C) groups is 1. The molecule has 138 valence electrons. The van der Waals surface area contributed by atoms with Gasteiger partial charge in [0.2, 0.25) is 0 Å². The summed E-state index contributed by atoms with van der Waals surface area (Å²) in [5, 5.41) is 2.68. The third-order valence-electron chi connectivity index (χ3n) is 4.28. The van der Waals surface area contributed by atoms with E-state index in [0.717, 1.165) is 19.3 Å². The first-order valence-electron chi connectivity index (χ1n) is 8.32. The molecule has 0 radical (unpaired) electrons. The van der Waals surface area contributed by atoms with Crippen molar-refractivity contribution in [2.75, 3.05) is 18.0 Å². The quantitative estimate of drug-likeness (QED) is 0.362. The van der Waals surface area contributed by atoms with Crippen LogP contribution in [0.2, 0.25) is 5.15 Å². The number of amides is 1. The first-order chi connectivity index (χ1) is 11.9. The number of halogens is 1. The highest BCUT2D eigenvalue weighted by Crippen LogP contribution is 2.28. The van der Waals surface area contributed by atoms with Crippen molar-refractivity contribution < 1.29 is 4.79 Å². The summed E-state index contributed by atoms with van der Waals surface area (Å²) in [7, 11) is 0. The normalized spacial score (nSPS) is 16.2. The van der Waals surface area contributed by atoms with Gasteiger partial charge in [-0.25, -0.2) is 15.0 Å². The van der Waals surface area contributed by atoms with Crippen molar-refractivity contribution >= 4 is 35.1 Å².